The Bertz CT molecular complexity index is 370. The summed E-state index contributed by atoms with van der Waals surface area (Å²) in [5.74, 6) is -0.512. The van der Waals surface area contributed by atoms with E-state index in [4.69, 9.17) is 17.3 Å². The van der Waals surface area contributed by atoms with Gasteiger partial charge in [-0.2, -0.15) is 0 Å². The molecule has 1 rings (SSSR count). The highest BCUT2D eigenvalue weighted by molar-refractivity contribution is 6.32. The van der Waals surface area contributed by atoms with Crippen molar-refractivity contribution in [1.82, 2.24) is 0 Å². The highest BCUT2D eigenvalue weighted by Crippen LogP contribution is 2.31. The predicted molar refractivity (Wildman–Crippen MR) is 52.1 cm³/mol. The van der Waals surface area contributed by atoms with E-state index in [-0.39, 0.29) is 11.6 Å². The van der Waals surface area contributed by atoms with Crippen LogP contribution in [0, 0.1) is 0 Å². The van der Waals surface area contributed by atoms with Gasteiger partial charge in [0, 0.05) is 6.54 Å². The monoisotopic (exact) mass is 255 g/mol. The van der Waals surface area contributed by atoms with Gasteiger partial charge in [0.25, 0.3) is 0 Å². The van der Waals surface area contributed by atoms with Crippen molar-refractivity contribution in [2.45, 2.75) is 12.5 Å². The zero-order valence-electron chi connectivity index (χ0n) is 7.96. The molecule has 90 valence electrons. The first-order valence-electron chi connectivity index (χ1n) is 4.27. The highest BCUT2D eigenvalue weighted by Gasteiger charge is 2.32. The zero-order valence-corrected chi connectivity index (χ0v) is 8.72. The Morgan fingerprint density at radius 1 is 1.44 bits per heavy atom. The third-order valence-corrected chi connectivity index (χ3v) is 2.09. The Hall–Kier alpha value is -0.980. The SMILES string of the molecule is NCC(O)c1ccc(OC(F)(F)F)c(Cl)c1. The first-order valence-corrected chi connectivity index (χ1v) is 4.64. The number of hydrogen-bond donors (Lipinski definition) is 2. The van der Waals surface area contributed by atoms with Crippen LogP contribution in [0.4, 0.5) is 13.2 Å². The summed E-state index contributed by atoms with van der Waals surface area (Å²) in [6, 6.07) is 3.48. The van der Waals surface area contributed by atoms with Crippen LogP contribution >= 0.6 is 11.6 Å². The van der Waals surface area contributed by atoms with E-state index in [0.29, 0.717) is 5.56 Å². The zero-order chi connectivity index (χ0) is 12.3. The van der Waals surface area contributed by atoms with Crippen molar-refractivity contribution in [2.75, 3.05) is 6.54 Å². The van der Waals surface area contributed by atoms with Crippen LogP contribution in [-0.4, -0.2) is 18.0 Å². The van der Waals surface area contributed by atoms with Crippen LogP contribution in [0.2, 0.25) is 5.02 Å². The van der Waals surface area contributed by atoms with Gasteiger partial charge in [0.1, 0.15) is 5.75 Å². The molecule has 0 spiro atoms. The lowest BCUT2D eigenvalue weighted by molar-refractivity contribution is -0.274. The van der Waals surface area contributed by atoms with Crippen LogP contribution in [0.15, 0.2) is 18.2 Å². The van der Waals surface area contributed by atoms with Crippen molar-refractivity contribution in [1.29, 1.82) is 0 Å². The molecular formula is C9H9ClF3NO2. The second kappa shape index (κ2) is 4.90. The Morgan fingerprint density at radius 3 is 2.50 bits per heavy atom. The van der Waals surface area contributed by atoms with E-state index >= 15 is 0 Å². The minimum Gasteiger partial charge on any atom is -0.404 e. The van der Waals surface area contributed by atoms with Gasteiger partial charge in [0.2, 0.25) is 0 Å². The molecule has 3 N–H and O–H groups in total. The van der Waals surface area contributed by atoms with Crippen LogP contribution in [0.1, 0.15) is 11.7 Å². The van der Waals surface area contributed by atoms with E-state index in [1.807, 2.05) is 0 Å². The molecule has 0 heterocycles. The second-order valence-corrected chi connectivity index (χ2v) is 3.40. The quantitative estimate of drug-likeness (QED) is 0.871. The molecule has 1 aromatic carbocycles. The fraction of sp³-hybridized carbons (Fsp3) is 0.333. The molecule has 0 saturated carbocycles. The Labute approximate surface area is 94.6 Å². The molecule has 0 aliphatic carbocycles. The van der Waals surface area contributed by atoms with Crippen LogP contribution in [0.3, 0.4) is 0 Å². The van der Waals surface area contributed by atoms with Gasteiger partial charge >= 0.3 is 6.36 Å². The minimum absolute atomic E-state index is 0.0458. The fourth-order valence-corrected chi connectivity index (χ4v) is 1.30. The van der Waals surface area contributed by atoms with Gasteiger partial charge in [-0.15, -0.1) is 13.2 Å². The highest BCUT2D eigenvalue weighted by atomic mass is 35.5. The lowest BCUT2D eigenvalue weighted by atomic mass is 10.1. The summed E-state index contributed by atoms with van der Waals surface area (Å²) >= 11 is 5.56. The molecular weight excluding hydrogens is 247 g/mol. The first kappa shape index (κ1) is 13.1. The predicted octanol–water partition coefficient (Wildman–Crippen LogP) is 2.23. The van der Waals surface area contributed by atoms with Crippen LogP contribution in [-0.2, 0) is 0 Å². The van der Waals surface area contributed by atoms with Crippen LogP contribution in [0.25, 0.3) is 0 Å². The van der Waals surface area contributed by atoms with Crippen molar-refractivity contribution in [3.8, 4) is 5.75 Å². The Balaban J connectivity index is 2.92. The summed E-state index contributed by atoms with van der Waals surface area (Å²) in [5.41, 5.74) is 5.52. The first-order chi connectivity index (χ1) is 7.33. The molecule has 0 fully saturated rings. The summed E-state index contributed by atoms with van der Waals surface area (Å²) < 4.78 is 39.3. The molecule has 0 bridgehead atoms. The van der Waals surface area contributed by atoms with Crippen LogP contribution in [0.5, 0.6) is 5.75 Å². The molecule has 7 heteroatoms. The van der Waals surface area contributed by atoms with E-state index in [9.17, 15) is 18.3 Å². The smallest absolute Gasteiger partial charge is 0.404 e. The second-order valence-electron chi connectivity index (χ2n) is 2.99. The topological polar surface area (TPSA) is 55.5 Å². The number of alkyl halides is 3. The number of ether oxygens (including phenoxy) is 1. The number of halogens is 4. The lowest BCUT2D eigenvalue weighted by Gasteiger charge is -2.13. The molecule has 16 heavy (non-hydrogen) atoms. The lowest BCUT2D eigenvalue weighted by Crippen LogP contribution is -2.17. The molecule has 0 aliphatic rings. The fourth-order valence-electron chi connectivity index (χ4n) is 1.07. The number of nitrogens with two attached hydrogens (primary N) is 1. The van der Waals surface area contributed by atoms with Crippen molar-refractivity contribution in [2.24, 2.45) is 5.73 Å². The van der Waals surface area contributed by atoms with E-state index < -0.39 is 18.2 Å². The molecule has 1 aromatic rings. The average Bonchev–Trinajstić information content (AvgIpc) is 2.18. The number of aliphatic hydroxyl groups is 1. The normalized spacial score (nSPS) is 13.6. The van der Waals surface area contributed by atoms with Gasteiger partial charge in [0.15, 0.2) is 0 Å². The molecule has 0 radical (unpaired) electrons. The molecule has 1 atom stereocenters. The average molecular weight is 256 g/mol. The van der Waals surface area contributed by atoms with Gasteiger partial charge in [-0.1, -0.05) is 17.7 Å². The van der Waals surface area contributed by atoms with Gasteiger partial charge in [-0.3, -0.25) is 0 Å². The van der Waals surface area contributed by atoms with Gasteiger partial charge in [-0.25, -0.2) is 0 Å². The van der Waals surface area contributed by atoms with E-state index in [1.165, 1.54) is 12.1 Å². The minimum atomic E-state index is -4.79. The third-order valence-electron chi connectivity index (χ3n) is 1.79. The Morgan fingerprint density at radius 2 is 2.06 bits per heavy atom. The largest absolute Gasteiger partial charge is 0.573 e. The summed E-state index contributed by atoms with van der Waals surface area (Å²) in [4.78, 5) is 0. The Kier molecular flexibility index (Phi) is 4.01. The summed E-state index contributed by atoms with van der Waals surface area (Å²) in [6.07, 6.45) is -5.75. The number of rotatable bonds is 3. The van der Waals surface area contributed by atoms with E-state index in [1.54, 1.807) is 0 Å². The van der Waals surface area contributed by atoms with Crippen LogP contribution < -0.4 is 10.5 Å². The van der Waals surface area contributed by atoms with Gasteiger partial charge in [-0.05, 0) is 17.7 Å². The molecule has 0 saturated heterocycles. The maximum atomic E-state index is 11.9. The van der Waals surface area contributed by atoms with Crippen molar-refractivity contribution in [3.05, 3.63) is 28.8 Å². The van der Waals surface area contributed by atoms with E-state index in [2.05, 4.69) is 4.74 Å². The molecule has 0 aromatic heterocycles. The van der Waals surface area contributed by atoms with Gasteiger partial charge in [0.05, 0.1) is 11.1 Å². The van der Waals surface area contributed by atoms with Crippen molar-refractivity contribution in [3.63, 3.8) is 0 Å². The molecule has 0 aliphatic heterocycles. The third kappa shape index (κ3) is 3.55. The standard InChI is InChI=1S/C9H9ClF3NO2/c10-6-3-5(7(15)4-14)1-2-8(6)16-9(11,12)13/h1-3,7,15H,4,14H2. The van der Waals surface area contributed by atoms with Gasteiger partial charge < -0.3 is 15.6 Å². The van der Waals surface area contributed by atoms with Crippen molar-refractivity contribution < 1.29 is 23.0 Å². The summed E-state index contributed by atoms with van der Waals surface area (Å²) in [6.45, 7) is -0.0458. The maximum Gasteiger partial charge on any atom is 0.573 e. The molecule has 1 unspecified atom stereocenters. The number of aliphatic hydroxyl groups excluding tert-OH is 1. The summed E-state index contributed by atoms with van der Waals surface area (Å²) in [5, 5.41) is 9.10. The van der Waals surface area contributed by atoms with E-state index in [0.717, 1.165) is 6.07 Å². The number of benzene rings is 1. The summed E-state index contributed by atoms with van der Waals surface area (Å²) in [7, 11) is 0. The molecule has 0 amide bonds. The number of hydrogen-bond acceptors (Lipinski definition) is 3. The molecule has 3 nitrogen and oxygen atoms in total. The van der Waals surface area contributed by atoms with Crippen molar-refractivity contribution >= 4 is 11.6 Å². The maximum absolute atomic E-state index is 11.9.